The number of ether oxygens (including phenoxy) is 1. The summed E-state index contributed by atoms with van der Waals surface area (Å²) >= 11 is 0. The van der Waals surface area contributed by atoms with Gasteiger partial charge in [0.15, 0.2) is 0 Å². The van der Waals surface area contributed by atoms with E-state index in [1.165, 1.54) is 16.8 Å². The largest absolute Gasteiger partial charge is 0.478 e. The summed E-state index contributed by atoms with van der Waals surface area (Å²) in [5, 5.41) is 9.19. The van der Waals surface area contributed by atoms with Crippen molar-refractivity contribution in [1.29, 1.82) is 0 Å². The van der Waals surface area contributed by atoms with Crippen molar-refractivity contribution in [1.82, 2.24) is 9.55 Å². The van der Waals surface area contributed by atoms with Gasteiger partial charge in [-0.25, -0.2) is 9.78 Å². The van der Waals surface area contributed by atoms with E-state index in [0.717, 1.165) is 6.42 Å². The van der Waals surface area contributed by atoms with Gasteiger partial charge in [0.1, 0.15) is 11.3 Å². The van der Waals surface area contributed by atoms with E-state index >= 15 is 0 Å². The van der Waals surface area contributed by atoms with Crippen LogP contribution in [-0.2, 0) is 6.54 Å². The quantitative estimate of drug-likeness (QED) is 0.914. The number of hydrogen-bond acceptors (Lipinski definition) is 4. The van der Waals surface area contributed by atoms with Crippen LogP contribution in [0, 0.1) is 6.92 Å². The SMILES string of the molecule is CCCn1ccnc(Oc2c(C)cccc2C(=O)O)c1=O. The molecule has 0 fully saturated rings. The fourth-order valence-electron chi connectivity index (χ4n) is 1.97. The molecule has 0 atom stereocenters. The van der Waals surface area contributed by atoms with E-state index in [1.54, 1.807) is 25.3 Å². The maximum atomic E-state index is 12.2. The van der Waals surface area contributed by atoms with Crippen molar-refractivity contribution < 1.29 is 14.6 Å². The molecule has 1 aromatic carbocycles. The zero-order valence-electron chi connectivity index (χ0n) is 11.9. The van der Waals surface area contributed by atoms with Gasteiger partial charge in [0, 0.05) is 18.9 Å². The third-order valence-electron chi connectivity index (χ3n) is 2.99. The second kappa shape index (κ2) is 6.21. The number of benzene rings is 1. The minimum absolute atomic E-state index is 0.00194. The highest BCUT2D eigenvalue weighted by molar-refractivity contribution is 5.91. The summed E-state index contributed by atoms with van der Waals surface area (Å²) in [4.78, 5) is 27.3. The van der Waals surface area contributed by atoms with Crippen LogP contribution in [0.5, 0.6) is 11.6 Å². The fourth-order valence-corrected chi connectivity index (χ4v) is 1.97. The van der Waals surface area contributed by atoms with Crippen LogP contribution in [0.4, 0.5) is 0 Å². The van der Waals surface area contributed by atoms with Gasteiger partial charge in [0.2, 0.25) is 0 Å². The van der Waals surface area contributed by atoms with Gasteiger partial charge in [0.05, 0.1) is 0 Å². The highest BCUT2D eigenvalue weighted by Crippen LogP contribution is 2.26. The second-order valence-electron chi connectivity index (χ2n) is 4.59. The number of aromatic carboxylic acids is 1. The van der Waals surface area contributed by atoms with Crippen molar-refractivity contribution in [3.63, 3.8) is 0 Å². The minimum Gasteiger partial charge on any atom is -0.478 e. The standard InChI is InChI=1S/C15H16N2O4/c1-3-8-17-9-7-16-13(14(17)18)21-12-10(2)5-4-6-11(12)15(19)20/h4-7,9H,3,8H2,1-2H3,(H,19,20). The molecule has 2 aromatic rings. The third-order valence-corrected chi connectivity index (χ3v) is 2.99. The van der Waals surface area contributed by atoms with Crippen LogP contribution in [0.2, 0.25) is 0 Å². The minimum atomic E-state index is -1.11. The molecule has 0 aliphatic rings. The molecule has 6 heteroatoms. The van der Waals surface area contributed by atoms with Crippen LogP contribution in [0.3, 0.4) is 0 Å². The molecule has 1 heterocycles. The van der Waals surface area contributed by atoms with E-state index in [0.29, 0.717) is 12.1 Å². The number of para-hydroxylation sites is 1. The second-order valence-corrected chi connectivity index (χ2v) is 4.59. The zero-order valence-corrected chi connectivity index (χ0v) is 11.9. The molecular formula is C15H16N2O4. The Morgan fingerprint density at radius 3 is 2.86 bits per heavy atom. The first-order valence-electron chi connectivity index (χ1n) is 6.60. The predicted molar refractivity (Wildman–Crippen MR) is 77.0 cm³/mol. The molecule has 21 heavy (non-hydrogen) atoms. The van der Waals surface area contributed by atoms with Crippen LogP contribution in [0.25, 0.3) is 0 Å². The van der Waals surface area contributed by atoms with Crippen LogP contribution >= 0.6 is 0 Å². The number of carbonyl (C=O) groups is 1. The molecule has 0 bridgehead atoms. The average Bonchev–Trinajstić information content (AvgIpc) is 2.45. The Balaban J connectivity index is 2.46. The molecule has 0 saturated heterocycles. The van der Waals surface area contributed by atoms with Gasteiger partial charge in [-0.1, -0.05) is 19.1 Å². The van der Waals surface area contributed by atoms with Crippen LogP contribution in [0.15, 0.2) is 35.4 Å². The lowest BCUT2D eigenvalue weighted by molar-refractivity contribution is 0.0694. The van der Waals surface area contributed by atoms with E-state index in [-0.39, 0.29) is 22.8 Å². The fraction of sp³-hybridized carbons (Fsp3) is 0.267. The number of aromatic nitrogens is 2. The van der Waals surface area contributed by atoms with Gasteiger partial charge in [0.25, 0.3) is 5.88 Å². The normalized spacial score (nSPS) is 10.4. The number of nitrogens with zero attached hydrogens (tertiary/aromatic N) is 2. The van der Waals surface area contributed by atoms with Crippen molar-refractivity contribution in [2.45, 2.75) is 26.8 Å². The highest BCUT2D eigenvalue weighted by atomic mass is 16.5. The van der Waals surface area contributed by atoms with Gasteiger partial charge in [-0.05, 0) is 25.0 Å². The van der Waals surface area contributed by atoms with Gasteiger partial charge in [-0.3, -0.25) is 4.79 Å². The van der Waals surface area contributed by atoms with Crippen molar-refractivity contribution in [3.8, 4) is 11.6 Å². The van der Waals surface area contributed by atoms with Crippen molar-refractivity contribution in [3.05, 3.63) is 52.1 Å². The van der Waals surface area contributed by atoms with Gasteiger partial charge in [-0.15, -0.1) is 0 Å². The van der Waals surface area contributed by atoms with Crippen molar-refractivity contribution in [2.75, 3.05) is 0 Å². The predicted octanol–water partition coefficient (Wildman–Crippen LogP) is 2.45. The van der Waals surface area contributed by atoms with E-state index in [9.17, 15) is 14.7 Å². The summed E-state index contributed by atoms with van der Waals surface area (Å²) in [5.41, 5.74) is 0.253. The van der Waals surface area contributed by atoms with Crippen LogP contribution in [0.1, 0.15) is 29.3 Å². The number of carboxylic acid groups (broad SMARTS) is 1. The van der Waals surface area contributed by atoms with Gasteiger partial charge >= 0.3 is 11.5 Å². The summed E-state index contributed by atoms with van der Waals surface area (Å²) < 4.78 is 6.98. The number of rotatable bonds is 5. The van der Waals surface area contributed by atoms with Gasteiger partial charge in [-0.2, -0.15) is 0 Å². The first-order chi connectivity index (χ1) is 10.0. The molecule has 110 valence electrons. The summed E-state index contributed by atoms with van der Waals surface area (Å²) in [5.74, 6) is -1.09. The molecule has 0 amide bonds. The summed E-state index contributed by atoms with van der Waals surface area (Å²) in [6, 6.07) is 4.77. The Labute approximate surface area is 121 Å². The lowest BCUT2D eigenvalue weighted by Gasteiger charge is -2.11. The summed E-state index contributed by atoms with van der Waals surface area (Å²) in [7, 11) is 0. The van der Waals surface area contributed by atoms with E-state index in [4.69, 9.17) is 4.74 Å². The Hall–Kier alpha value is -2.63. The van der Waals surface area contributed by atoms with Crippen LogP contribution in [-0.4, -0.2) is 20.6 Å². The summed E-state index contributed by atoms with van der Waals surface area (Å²) in [6.45, 7) is 4.23. The first-order valence-corrected chi connectivity index (χ1v) is 6.60. The van der Waals surface area contributed by atoms with Crippen molar-refractivity contribution in [2.24, 2.45) is 0 Å². The highest BCUT2D eigenvalue weighted by Gasteiger charge is 2.16. The molecule has 1 aromatic heterocycles. The number of hydrogen-bond donors (Lipinski definition) is 1. The average molecular weight is 288 g/mol. The van der Waals surface area contributed by atoms with E-state index in [2.05, 4.69) is 4.98 Å². The Bertz CT molecular complexity index is 722. The third kappa shape index (κ3) is 3.10. The van der Waals surface area contributed by atoms with Crippen molar-refractivity contribution >= 4 is 5.97 Å². The van der Waals surface area contributed by atoms with Gasteiger partial charge < -0.3 is 14.4 Å². The number of aryl methyl sites for hydroxylation is 2. The maximum absolute atomic E-state index is 12.2. The monoisotopic (exact) mass is 288 g/mol. The van der Waals surface area contributed by atoms with Crippen LogP contribution < -0.4 is 10.3 Å². The molecule has 0 unspecified atom stereocenters. The molecule has 0 aliphatic carbocycles. The topological polar surface area (TPSA) is 81.4 Å². The smallest absolute Gasteiger partial charge is 0.339 e. The molecule has 0 aliphatic heterocycles. The molecule has 2 rings (SSSR count). The maximum Gasteiger partial charge on any atom is 0.339 e. The molecule has 0 saturated carbocycles. The van der Waals surface area contributed by atoms with E-state index < -0.39 is 5.97 Å². The lowest BCUT2D eigenvalue weighted by Crippen LogP contribution is -2.21. The Morgan fingerprint density at radius 2 is 2.19 bits per heavy atom. The zero-order chi connectivity index (χ0) is 15.4. The lowest BCUT2D eigenvalue weighted by atomic mass is 10.1. The Morgan fingerprint density at radius 1 is 1.43 bits per heavy atom. The number of carboxylic acids is 1. The first kappa shape index (κ1) is 14.8. The summed E-state index contributed by atoms with van der Waals surface area (Å²) in [6.07, 6.45) is 3.84. The molecule has 6 nitrogen and oxygen atoms in total. The molecule has 0 spiro atoms. The molecule has 0 radical (unpaired) electrons. The van der Waals surface area contributed by atoms with E-state index in [1.807, 2.05) is 6.92 Å². The molecule has 1 N–H and O–H groups in total. The molecular weight excluding hydrogens is 272 g/mol. The Kier molecular flexibility index (Phi) is 4.37.